The molecule has 0 aromatic heterocycles. The third-order valence-corrected chi connectivity index (χ3v) is 2.90. The molecule has 1 rings (SSSR count). The number of hydrogen-bond acceptors (Lipinski definition) is 2. The lowest BCUT2D eigenvalue weighted by Gasteiger charge is -2.18. The smallest absolute Gasteiger partial charge is 0.249 e. The lowest BCUT2D eigenvalue weighted by atomic mass is 10.0. The molecule has 3 heteroatoms. The van der Waals surface area contributed by atoms with E-state index in [0.717, 1.165) is 5.56 Å². The lowest BCUT2D eigenvalue weighted by Crippen LogP contribution is -2.31. The van der Waals surface area contributed by atoms with Gasteiger partial charge in [0.25, 0.3) is 0 Å². The van der Waals surface area contributed by atoms with Gasteiger partial charge >= 0.3 is 0 Å². The molecule has 16 heavy (non-hydrogen) atoms. The minimum Gasteiger partial charge on any atom is -0.366 e. The average molecular weight is 220 g/mol. The first kappa shape index (κ1) is 12.7. The zero-order valence-corrected chi connectivity index (χ0v) is 10.2. The number of carbonyl (C=O) groups excluding carboxylic acids is 1. The molecule has 0 aliphatic rings. The van der Waals surface area contributed by atoms with Crippen LogP contribution in [0.25, 0.3) is 0 Å². The summed E-state index contributed by atoms with van der Waals surface area (Å²) in [5.74, 6) is 0.204. The quantitative estimate of drug-likeness (QED) is 0.796. The van der Waals surface area contributed by atoms with E-state index >= 15 is 0 Å². The Hall–Kier alpha value is -1.35. The van der Waals surface area contributed by atoms with E-state index < -0.39 is 0 Å². The Balaban J connectivity index is 2.70. The van der Waals surface area contributed by atoms with Crippen molar-refractivity contribution in [2.24, 2.45) is 11.7 Å². The van der Waals surface area contributed by atoms with E-state index in [1.54, 1.807) is 6.07 Å². The van der Waals surface area contributed by atoms with Crippen molar-refractivity contribution >= 4 is 5.91 Å². The number of amides is 1. The van der Waals surface area contributed by atoms with Gasteiger partial charge in [0.05, 0.1) is 0 Å². The molecule has 0 saturated heterocycles. The SMILES string of the molecule is CC(C)C(C)NCc1ccccc1C(N)=O. The highest BCUT2D eigenvalue weighted by Gasteiger charge is 2.09. The van der Waals surface area contributed by atoms with Crippen molar-refractivity contribution in [1.82, 2.24) is 5.32 Å². The maximum absolute atomic E-state index is 11.2. The number of nitrogens with one attached hydrogen (secondary N) is 1. The summed E-state index contributed by atoms with van der Waals surface area (Å²) in [5.41, 5.74) is 6.88. The molecule has 0 bridgehead atoms. The summed E-state index contributed by atoms with van der Waals surface area (Å²) in [6.45, 7) is 7.14. The monoisotopic (exact) mass is 220 g/mol. The zero-order chi connectivity index (χ0) is 12.1. The molecule has 0 fully saturated rings. The summed E-state index contributed by atoms with van der Waals surface area (Å²) in [4.78, 5) is 11.2. The third kappa shape index (κ3) is 3.35. The van der Waals surface area contributed by atoms with E-state index in [9.17, 15) is 4.79 Å². The van der Waals surface area contributed by atoms with Crippen LogP contribution < -0.4 is 11.1 Å². The molecule has 1 unspecified atom stereocenters. The Morgan fingerprint density at radius 2 is 1.94 bits per heavy atom. The van der Waals surface area contributed by atoms with Gasteiger partial charge in [-0.15, -0.1) is 0 Å². The van der Waals surface area contributed by atoms with Gasteiger partial charge in [0.15, 0.2) is 0 Å². The topological polar surface area (TPSA) is 55.1 Å². The van der Waals surface area contributed by atoms with Crippen LogP contribution in [-0.4, -0.2) is 11.9 Å². The minimum absolute atomic E-state index is 0.366. The molecule has 0 saturated carbocycles. The van der Waals surface area contributed by atoms with Crippen molar-refractivity contribution in [1.29, 1.82) is 0 Å². The number of hydrogen-bond donors (Lipinski definition) is 2. The Kier molecular flexibility index (Phi) is 4.50. The highest BCUT2D eigenvalue weighted by atomic mass is 16.1. The van der Waals surface area contributed by atoms with Crippen LogP contribution >= 0.6 is 0 Å². The van der Waals surface area contributed by atoms with E-state index in [0.29, 0.717) is 24.1 Å². The lowest BCUT2D eigenvalue weighted by molar-refractivity contribution is 0.0999. The summed E-state index contributed by atoms with van der Waals surface area (Å²) >= 11 is 0. The van der Waals surface area contributed by atoms with Crippen LogP contribution in [0.3, 0.4) is 0 Å². The van der Waals surface area contributed by atoms with Crippen LogP contribution in [0.15, 0.2) is 24.3 Å². The van der Waals surface area contributed by atoms with E-state index in [1.807, 2.05) is 18.2 Å². The predicted octanol–water partition coefficient (Wildman–Crippen LogP) is 1.92. The second kappa shape index (κ2) is 5.66. The standard InChI is InChI=1S/C13H20N2O/c1-9(2)10(3)15-8-11-6-4-5-7-12(11)13(14)16/h4-7,9-10,15H,8H2,1-3H3,(H2,14,16). The molecule has 1 amide bonds. The molecule has 1 atom stereocenters. The molecule has 1 aromatic rings. The molecule has 3 N–H and O–H groups in total. The van der Waals surface area contributed by atoms with Crippen LogP contribution in [0.5, 0.6) is 0 Å². The van der Waals surface area contributed by atoms with Crippen LogP contribution in [0, 0.1) is 5.92 Å². The highest BCUT2D eigenvalue weighted by Crippen LogP contribution is 2.09. The summed E-state index contributed by atoms with van der Waals surface area (Å²) in [7, 11) is 0. The molecule has 0 heterocycles. The van der Waals surface area contributed by atoms with Crippen molar-refractivity contribution in [2.75, 3.05) is 0 Å². The van der Waals surface area contributed by atoms with Gasteiger partial charge in [0.2, 0.25) is 5.91 Å². The third-order valence-electron chi connectivity index (χ3n) is 2.90. The number of benzene rings is 1. The molecule has 0 radical (unpaired) electrons. The number of carbonyl (C=O) groups is 1. The van der Waals surface area contributed by atoms with Gasteiger partial charge in [-0.2, -0.15) is 0 Å². The first-order valence-corrected chi connectivity index (χ1v) is 5.63. The average Bonchev–Trinajstić information content (AvgIpc) is 2.25. The van der Waals surface area contributed by atoms with Crippen LogP contribution in [0.2, 0.25) is 0 Å². The van der Waals surface area contributed by atoms with Gasteiger partial charge in [-0.1, -0.05) is 32.0 Å². The number of rotatable bonds is 5. The molecule has 0 spiro atoms. The second-order valence-corrected chi connectivity index (χ2v) is 4.43. The highest BCUT2D eigenvalue weighted by molar-refractivity contribution is 5.94. The van der Waals surface area contributed by atoms with Gasteiger partial charge in [0.1, 0.15) is 0 Å². The van der Waals surface area contributed by atoms with Gasteiger partial charge in [0, 0.05) is 18.2 Å². The fourth-order valence-electron chi connectivity index (χ4n) is 1.42. The van der Waals surface area contributed by atoms with E-state index in [2.05, 4.69) is 26.1 Å². The zero-order valence-electron chi connectivity index (χ0n) is 10.2. The van der Waals surface area contributed by atoms with Gasteiger partial charge in [-0.05, 0) is 24.5 Å². The Labute approximate surface area is 97.0 Å². The Bertz CT molecular complexity index is 361. The number of primary amides is 1. The molecular formula is C13H20N2O. The maximum atomic E-state index is 11.2. The molecule has 88 valence electrons. The minimum atomic E-state index is -0.366. The van der Waals surface area contributed by atoms with E-state index in [1.165, 1.54) is 0 Å². The second-order valence-electron chi connectivity index (χ2n) is 4.43. The van der Waals surface area contributed by atoms with Crippen molar-refractivity contribution in [2.45, 2.75) is 33.4 Å². The summed E-state index contributed by atoms with van der Waals surface area (Å²) in [6.07, 6.45) is 0. The first-order valence-electron chi connectivity index (χ1n) is 5.63. The van der Waals surface area contributed by atoms with Crippen LogP contribution in [0.4, 0.5) is 0 Å². The van der Waals surface area contributed by atoms with E-state index in [4.69, 9.17) is 5.73 Å². The van der Waals surface area contributed by atoms with Crippen molar-refractivity contribution in [3.05, 3.63) is 35.4 Å². The molecule has 0 aliphatic carbocycles. The summed E-state index contributed by atoms with van der Waals surface area (Å²) in [6, 6.07) is 7.86. The van der Waals surface area contributed by atoms with Crippen molar-refractivity contribution in [3.63, 3.8) is 0 Å². The Morgan fingerprint density at radius 1 is 1.31 bits per heavy atom. The summed E-state index contributed by atoms with van der Waals surface area (Å²) < 4.78 is 0. The number of nitrogens with two attached hydrogens (primary N) is 1. The van der Waals surface area contributed by atoms with Crippen LogP contribution in [0.1, 0.15) is 36.7 Å². The van der Waals surface area contributed by atoms with Crippen molar-refractivity contribution < 1.29 is 4.79 Å². The van der Waals surface area contributed by atoms with Crippen LogP contribution in [-0.2, 0) is 6.54 Å². The first-order chi connectivity index (χ1) is 7.52. The normalized spacial score (nSPS) is 12.8. The predicted molar refractivity (Wildman–Crippen MR) is 66.1 cm³/mol. The molecule has 1 aromatic carbocycles. The fourth-order valence-corrected chi connectivity index (χ4v) is 1.42. The van der Waals surface area contributed by atoms with Gasteiger partial charge in [-0.25, -0.2) is 0 Å². The van der Waals surface area contributed by atoms with Gasteiger partial charge in [-0.3, -0.25) is 4.79 Å². The van der Waals surface area contributed by atoms with Crippen molar-refractivity contribution in [3.8, 4) is 0 Å². The maximum Gasteiger partial charge on any atom is 0.249 e. The molecule has 3 nitrogen and oxygen atoms in total. The summed E-state index contributed by atoms with van der Waals surface area (Å²) in [5, 5.41) is 3.39. The molecule has 0 aliphatic heterocycles. The molecular weight excluding hydrogens is 200 g/mol. The Morgan fingerprint density at radius 3 is 2.50 bits per heavy atom. The van der Waals surface area contributed by atoms with Gasteiger partial charge < -0.3 is 11.1 Å². The van der Waals surface area contributed by atoms with E-state index in [-0.39, 0.29) is 5.91 Å². The largest absolute Gasteiger partial charge is 0.366 e. The fraction of sp³-hybridized carbons (Fsp3) is 0.462.